The molecule has 0 saturated heterocycles. The number of hydrogen-bond donors (Lipinski definition) is 2. The fourth-order valence-corrected chi connectivity index (χ4v) is 4.09. The zero-order chi connectivity index (χ0) is 23.3. The number of fused-ring (bicyclic) bond motifs is 2. The molecule has 34 heavy (non-hydrogen) atoms. The van der Waals surface area contributed by atoms with Gasteiger partial charge < -0.3 is 11.5 Å². The molecule has 164 valence electrons. The summed E-state index contributed by atoms with van der Waals surface area (Å²) in [4.78, 5) is 0. The summed E-state index contributed by atoms with van der Waals surface area (Å²) in [7, 11) is 0. The predicted molar refractivity (Wildman–Crippen MR) is 148 cm³/mol. The highest BCUT2D eigenvalue weighted by molar-refractivity contribution is 5.88. The minimum Gasteiger partial charge on any atom is -0.399 e. The predicted octanol–water partition coefficient (Wildman–Crippen LogP) is 8.18. The maximum atomic E-state index is 5.70. The van der Waals surface area contributed by atoms with Crippen molar-refractivity contribution in [3.63, 3.8) is 0 Å². The fourth-order valence-electron chi connectivity index (χ4n) is 4.09. The fraction of sp³-hybridized carbons (Fsp3) is 0. The van der Waals surface area contributed by atoms with Crippen molar-refractivity contribution < 1.29 is 0 Å². The summed E-state index contributed by atoms with van der Waals surface area (Å²) in [6.07, 6.45) is 0. The molecule has 4 N–H and O–H groups in total. The SMILES string of the molecule is Nc1ccc(-c2ccc3ccccc3c2)cc1.Nc1ccc(-c2ccc3ccccc3c2)cc1. The molecule has 0 amide bonds. The van der Waals surface area contributed by atoms with Crippen LogP contribution in [0.15, 0.2) is 133 Å². The van der Waals surface area contributed by atoms with E-state index in [1.54, 1.807) is 0 Å². The van der Waals surface area contributed by atoms with Crippen LogP contribution in [0.5, 0.6) is 0 Å². The van der Waals surface area contributed by atoms with Crippen LogP contribution in [0.4, 0.5) is 11.4 Å². The van der Waals surface area contributed by atoms with Gasteiger partial charge >= 0.3 is 0 Å². The molecule has 0 atom stereocenters. The molecular weight excluding hydrogens is 412 g/mol. The van der Waals surface area contributed by atoms with Crippen LogP contribution in [0.3, 0.4) is 0 Å². The van der Waals surface area contributed by atoms with E-state index < -0.39 is 0 Å². The minimum absolute atomic E-state index is 0.800. The quantitative estimate of drug-likeness (QED) is 0.268. The molecule has 6 aromatic carbocycles. The molecular formula is C32H26N2. The van der Waals surface area contributed by atoms with Crippen molar-refractivity contribution in [3.05, 3.63) is 133 Å². The first-order chi connectivity index (χ1) is 16.7. The topological polar surface area (TPSA) is 52.0 Å². The van der Waals surface area contributed by atoms with Crippen molar-refractivity contribution in [2.45, 2.75) is 0 Å². The minimum atomic E-state index is 0.800. The second-order valence-electron chi connectivity index (χ2n) is 8.37. The normalized spacial score (nSPS) is 10.6. The summed E-state index contributed by atoms with van der Waals surface area (Å²) < 4.78 is 0. The van der Waals surface area contributed by atoms with Crippen molar-refractivity contribution in [2.24, 2.45) is 0 Å². The molecule has 2 nitrogen and oxygen atoms in total. The van der Waals surface area contributed by atoms with Gasteiger partial charge in [-0.2, -0.15) is 0 Å². The third-order valence-electron chi connectivity index (χ3n) is 5.99. The number of rotatable bonds is 2. The first-order valence-corrected chi connectivity index (χ1v) is 11.4. The Morgan fingerprint density at radius 2 is 0.618 bits per heavy atom. The van der Waals surface area contributed by atoms with Crippen molar-refractivity contribution >= 4 is 32.9 Å². The highest BCUT2D eigenvalue weighted by Crippen LogP contribution is 2.26. The molecule has 6 rings (SSSR count). The lowest BCUT2D eigenvalue weighted by atomic mass is 10.0. The van der Waals surface area contributed by atoms with Crippen LogP contribution in [0.25, 0.3) is 43.8 Å². The standard InChI is InChI=1S/2C16H13N/c2*17-16-9-7-13(8-10-16)15-6-5-12-3-1-2-4-14(12)11-15/h2*1-11H,17H2. The number of benzene rings is 6. The van der Waals surface area contributed by atoms with Gasteiger partial charge in [0.15, 0.2) is 0 Å². The van der Waals surface area contributed by atoms with E-state index in [-0.39, 0.29) is 0 Å². The summed E-state index contributed by atoms with van der Waals surface area (Å²) in [6.45, 7) is 0. The molecule has 0 aromatic heterocycles. The lowest BCUT2D eigenvalue weighted by Gasteiger charge is -2.04. The number of anilines is 2. The average Bonchev–Trinajstić information content (AvgIpc) is 2.89. The monoisotopic (exact) mass is 438 g/mol. The Labute approximate surface area is 200 Å². The summed E-state index contributed by atoms with van der Waals surface area (Å²) in [5.41, 5.74) is 17.8. The van der Waals surface area contributed by atoms with E-state index in [1.165, 1.54) is 43.8 Å². The van der Waals surface area contributed by atoms with Crippen molar-refractivity contribution in [2.75, 3.05) is 11.5 Å². The molecule has 0 spiro atoms. The van der Waals surface area contributed by atoms with E-state index >= 15 is 0 Å². The molecule has 0 aliphatic heterocycles. The molecule has 0 aliphatic carbocycles. The zero-order valence-electron chi connectivity index (χ0n) is 18.9. The summed E-state index contributed by atoms with van der Waals surface area (Å²) in [5, 5.41) is 5.07. The van der Waals surface area contributed by atoms with Crippen LogP contribution < -0.4 is 11.5 Å². The van der Waals surface area contributed by atoms with E-state index in [0.717, 1.165) is 11.4 Å². The van der Waals surface area contributed by atoms with Crippen LogP contribution in [-0.2, 0) is 0 Å². The third-order valence-corrected chi connectivity index (χ3v) is 5.99. The molecule has 6 aromatic rings. The first-order valence-electron chi connectivity index (χ1n) is 11.4. The third kappa shape index (κ3) is 4.77. The number of hydrogen-bond acceptors (Lipinski definition) is 2. The van der Waals surface area contributed by atoms with Crippen molar-refractivity contribution in [1.82, 2.24) is 0 Å². The van der Waals surface area contributed by atoms with Gasteiger partial charge in [-0.3, -0.25) is 0 Å². The van der Waals surface area contributed by atoms with Gasteiger partial charge in [0, 0.05) is 11.4 Å². The Balaban J connectivity index is 0.000000142. The Morgan fingerprint density at radius 3 is 1.00 bits per heavy atom. The van der Waals surface area contributed by atoms with E-state index in [9.17, 15) is 0 Å². The van der Waals surface area contributed by atoms with E-state index in [0.29, 0.717) is 0 Å². The van der Waals surface area contributed by atoms with Crippen LogP contribution in [0, 0.1) is 0 Å². The van der Waals surface area contributed by atoms with E-state index in [2.05, 4.69) is 109 Å². The van der Waals surface area contributed by atoms with E-state index in [1.807, 2.05) is 24.3 Å². The van der Waals surface area contributed by atoms with Gasteiger partial charge in [0.05, 0.1) is 0 Å². The van der Waals surface area contributed by atoms with Crippen LogP contribution in [0.2, 0.25) is 0 Å². The summed E-state index contributed by atoms with van der Waals surface area (Å²) in [6, 6.07) is 45.8. The molecule has 0 radical (unpaired) electrons. The lowest BCUT2D eigenvalue weighted by molar-refractivity contribution is 1.63. The van der Waals surface area contributed by atoms with Gasteiger partial charge in [0.2, 0.25) is 0 Å². The number of nitrogens with two attached hydrogens (primary N) is 2. The Hall–Kier alpha value is -4.56. The van der Waals surface area contributed by atoms with Crippen molar-refractivity contribution in [3.8, 4) is 22.3 Å². The van der Waals surface area contributed by atoms with Gasteiger partial charge in [-0.05, 0) is 80.2 Å². The highest BCUT2D eigenvalue weighted by atomic mass is 14.5. The van der Waals surface area contributed by atoms with Gasteiger partial charge in [-0.15, -0.1) is 0 Å². The molecule has 0 aliphatic rings. The second-order valence-corrected chi connectivity index (χ2v) is 8.37. The number of nitrogen functional groups attached to an aromatic ring is 2. The molecule has 0 heterocycles. The van der Waals surface area contributed by atoms with Gasteiger partial charge in [0.25, 0.3) is 0 Å². The lowest BCUT2D eigenvalue weighted by Crippen LogP contribution is -1.84. The van der Waals surface area contributed by atoms with Crippen LogP contribution in [-0.4, -0.2) is 0 Å². The molecule has 2 heteroatoms. The average molecular weight is 439 g/mol. The molecule has 0 fully saturated rings. The molecule has 0 saturated carbocycles. The van der Waals surface area contributed by atoms with Gasteiger partial charge in [-0.25, -0.2) is 0 Å². The van der Waals surface area contributed by atoms with Crippen LogP contribution >= 0.6 is 0 Å². The Bertz CT molecular complexity index is 1430. The summed E-state index contributed by atoms with van der Waals surface area (Å²) in [5.74, 6) is 0. The zero-order valence-corrected chi connectivity index (χ0v) is 18.9. The second kappa shape index (κ2) is 9.51. The molecule has 0 bridgehead atoms. The smallest absolute Gasteiger partial charge is 0.0314 e. The van der Waals surface area contributed by atoms with Gasteiger partial charge in [0.1, 0.15) is 0 Å². The van der Waals surface area contributed by atoms with Gasteiger partial charge in [-0.1, -0.05) is 97.1 Å². The Morgan fingerprint density at radius 1 is 0.294 bits per heavy atom. The maximum absolute atomic E-state index is 5.70. The molecule has 0 unspecified atom stereocenters. The van der Waals surface area contributed by atoms with Crippen LogP contribution in [0.1, 0.15) is 0 Å². The van der Waals surface area contributed by atoms with Crippen molar-refractivity contribution in [1.29, 1.82) is 0 Å². The van der Waals surface area contributed by atoms with E-state index in [4.69, 9.17) is 11.5 Å². The summed E-state index contributed by atoms with van der Waals surface area (Å²) >= 11 is 0. The highest BCUT2D eigenvalue weighted by Gasteiger charge is 2.00. The largest absolute Gasteiger partial charge is 0.399 e. The Kier molecular flexibility index (Phi) is 5.96. The first kappa shape index (κ1) is 21.3. The maximum Gasteiger partial charge on any atom is 0.0314 e.